The molecule has 5 heteroatoms. The van der Waals surface area contributed by atoms with Crippen LogP contribution in [0.2, 0.25) is 0 Å². The van der Waals surface area contributed by atoms with Crippen molar-refractivity contribution < 1.29 is 8.42 Å². The predicted molar refractivity (Wildman–Crippen MR) is 79.1 cm³/mol. The first-order chi connectivity index (χ1) is 9.05. The normalized spacial score (nSPS) is 29.6. The summed E-state index contributed by atoms with van der Waals surface area (Å²) in [6, 6.07) is 1.23. The summed E-state index contributed by atoms with van der Waals surface area (Å²) in [5.74, 6) is 1.49. The number of nitrogens with zero attached hydrogens (tertiary/aromatic N) is 1. The van der Waals surface area contributed by atoms with Crippen molar-refractivity contribution in [1.82, 2.24) is 10.2 Å². The Morgan fingerprint density at radius 3 is 2.58 bits per heavy atom. The Kier molecular flexibility index (Phi) is 5.26. The lowest BCUT2D eigenvalue weighted by Gasteiger charge is -2.40. The molecule has 4 nitrogen and oxygen atoms in total. The Balaban J connectivity index is 1.80. The largest absolute Gasteiger partial charge is 0.311 e. The van der Waals surface area contributed by atoms with Gasteiger partial charge in [0.2, 0.25) is 0 Å². The molecule has 1 N–H and O–H groups in total. The molecule has 0 radical (unpaired) electrons. The fourth-order valence-electron chi connectivity index (χ4n) is 3.01. The maximum absolute atomic E-state index is 11.5. The number of piperazine rings is 1. The van der Waals surface area contributed by atoms with Gasteiger partial charge in [-0.15, -0.1) is 0 Å². The number of hydrogen-bond acceptors (Lipinski definition) is 4. The molecule has 1 aliphatic carbocycles. The second-order valence-corrected chi connectivity index (χ2v) is 8.47. The maximum atomic E-state index is 11.5. The van der Waals surface area contributed by atoms with Gasteiger partial charge in [-0.1, -0.05) is 13.8 Å². The zero-order chi connectivity index (χ0) is 13.9. The van der Waals surface area contributed by atoms with Crippen molar-refractivity contribution in [3.8, 4) is 0 Å². The SMILES string of the molecule is CCC1CNC(C2CC2)CN1CCCS(=O)(=O)CC. The molecule has 2 rings (SSSR count). The standard InChI is InChI=1S/C14H28N2O2S/c1-3-13-10-15-14(12-6-7-12)11-16(13)8-5-9-19(17,18)4-2/h12-15H,3-11H2,1-2H3. The van der Waals surface area contributed by atoms with E-state index in [1.807, 2.05) is 0 Å². The highest BCUT2D eigenvalue weighted by atomic mass is 32.2. The van der Waals surface area contributed by atoms with E-state index in [9.17, 15) is 8.42 Å². The summed E-state index contributed by atoms with van der Waals surface area (Å²) < 4.78 is 23.1. The maximum Gasteiger partial charge on any atom is 0.150 e. The van der Waals surface area contributed by atoms with E-state index < -0.39 is 9.84 Å². The molecular weight excluding hydrogens is 260 g/mol. The molecule has 0 aromatic heterocycles. The van der Waals surface area contributed by atoms with Crippen LogP contribution in [-0.4, -0.2) is 56.5 Å². The van der Waals surface area contributed by atoms with Gasteiger partial charge < -0.3 is 5.32 Å². The van der Waals surface area contributed by atoms with E-state index in [1.165, 1.54) is 12.8 Å². The van der Waals surface area contributed by atoms with Crippen LogP contribution in [0.3, 0.4) is 0 Å². The number of sulfone groups is 1. The molecule has 0 spiro atoms. The number of rotatable bonds is 7. The van der Waals surface area contributed by atoms with Crippen molar-refractivity contribution in [2.24, 2.45) is 5.92 Å². The average molecular weight is 288 g/mol. The van der Waals surface area contributed by atoms with Crippen LogP contribution in [0.1, 0.15) is 39.5 Å². The van der Waals surface area contributed by atoms with Crippen molar-refractivity contribution in [3.05, 3.63) is 0 Å². The molecule has 0 bridgehead atoms. The molecule has 19 heavy (non-hydrogen) atoms. The molecule has 1 saturated heterocycles. The first-order valence-corrected chi connectivity index (χ1v) is 9.55. The second-order valence-electron chi connectivity index (χ2n) is 6.00. The highest BCUT2D eigenvalue weighted by Crippen LogP contribution is 2.34. The first kappa shape index (κ1) is 15.3. The third-order valence-electron chi connectivity index (χ3n) is 4.57. The summed E-state index contributed by atoms with van der Waals surface area (Å²) in [4.78, 5) is 2.52. The Morgan fingerprint density at radius 1 is 1.26 bits per heavy atom. The van der Waals surface area contributed by atoms with Gasteiger partial charge >= 0.3 is 0 Å². The molecule has 1 saturated carbocycles. The van der Waals surface area contributed by atoms with Gasteiger partial charge in [0, 0.05) is 30.9 Å². The molecule has 112 valence electrons. The third-order valence-corrected chi connectivity index (χ3v) is 6.36. The molecule has 2 aliphatic rings. The van der Waals surface area contributed by atoms with E-state index in [0.29, 0.717) is 17.8 Å². The summed E-state index contributed by atoms with van der Waals surface area (Å²) in [6.45, 7) is 7.06. The zero-order valence-corrected chi connectivity index (χ0v) is 13.1. The molecule has 2 atom stereocenters. The summed E-state index contributed by atoms with van der Waals surface area (Å²) in [5.41, 5.74) is 0. The third kappa shape index (κ3) is 4.43. The van der Waals surface area contributed by atoms with E-state index in [-0.39, 0.29) is 5.75 Å². The summed E-state index contributed by atoms with van der Waals surface area (Å²) in [5, 5.41) is 3.67. The fraction of sp³-hybridized carbons (Fsp3) is 1.00. The summed E-state index contributed by atoms with van der Waals surface area (Å²) in [7, 11) is -2.80. The second kappa shape index (κ2) is 6.55. The van der Waals surface area contributed by atoms with Crippen LogP contribution in [0.15, 0.2) is 0 Å². The van der Waals surface area contributed by atoms with Gasteiger partial charge in [-0.05, 0) is 38.1 Å². The van der Waals surface area contributed by atoms with Crippen LogP contribution in [0.25, 0.3) is 0 Å². The van der Waals surface area contributed by atoms with E-state index in [1.54, 1.807) is 6.92 Å². The summed E-state index contributed by atoms with van der Waals surface area (Å²) >= 11 is 0. The van der Waals surface area contributed by atoms with Crippen LogP contribution in [0, 0.1) is 5.92 Å². The number of nitrogens with one attached hydrogen (secondary N) is 1. The highest BCUT2D eigenvalue weighted by molar-refractivity contribution is 7.91. The lowest BCUT2D eigenvalue weighted by molar-refractivity contribution is 0.119. The van der Waals surface area contributed by atoms with Gasteiger partial charge in [0.25, 0.3) is 0 Å². The van der Waals surface area contributed by atoms with Crippen LogP contribution >= 0.6 is 0 Å². The van der Waals surface area contributed by atoms with E-state index >= 15 is 0 Å². The molecule has 1 aliphatic heterocycles. The van der Waals surface area contributed by atoms with Gasteiger partial charge in [-0.3, -0.25) is 4.90 Å². The van der Waals surface area contributed by atoms with Crippen molar-refractivity contribution >= 4 is 9.84 Å². The Hall–Kier alpha value is -0.130. The Labute approximate surface area is 117 Å². The minimum atomic E-state index is -2.80. The van der Waals surface area contributed by atoms with Gasteiger partial charge in [0.1, 0.15) is 9.84 Å². The van der Waals surface area contributed by atoms with Gasteiger partial charge in [0.15, 0.2) is 0 Å². The average Bonchev–Trinajstić information content (AvgIpc) is 3.23. The quantitative estimate of drug-likeness (QED) is 0.766. The minimum Gasteiger partial charge on any atom is -0.311 e. The van der Waals surface area contributed by atoms with Crippen molar-refractivity contribution in [2.45, 2.75) is 51.6 Å². The topological polar surface area (TPSA) is 49.4 Å². The van der Waals surface area contributed by atoms with Crippen molar-refractivity contribution in [1.29, 1.82) is 0 Å². The molecular formula is C14H28N2O2S. The highest BCUT2D eigenvalue weighted by Gasteiger charge is 2.36. The van der Waals surface area contributed by atoms with Crippen LogP contribution < -0.4 is 5.32 Å². The van der Waals surface area contributed by atoms with Crippen molar-refractivity contribution in [2.75, 3.05) is 31.1 Å². The van der Waals surface area contributed by atoms with Crippen LogP contribution in [0.5, 0.6) is 0 Å². The molecule has 0 amide bonds. The first-order valence-electron chi connectivity index (χ1n) is 7.73. The molecule has 2 unspecified atom stereocenters. The monoisotopic (exact) mass is 288 g/mol. The fourth-order valence-corrected chi connectivity index (χ4v) is 3.86. The lowest BCUT2D eigenvalue weighted by atomic mass is 10.0. The van der Waals surface area contributed by atoms with Crippen LogP contribution in [0.4, 0.5) is 0 Å². The molecule has 2 fully saturated rings. The van der Waals surface area contributed by atoms with E-state index in [2.05, 4.69) is 17.1 Å². The van der Waals surface area contributed by atoms with Gasteiger partial charge in [0.05, 0.1) is 5.75 Å². The molecule has 0 aromatic carbocycles. The number of hydrogen-bond donors (Lipinski definition) is 1. The van der Waals surface area contributed by atoms with Gasteiger partial charge in [-0.2, -0.15) is 0 Å². The van der Waals surface area contributed by atoms with E-state index in [4.69, 9.17) is 0 Å². The van der Waals surface area contributed by atoms with Crippen LogP contribution in [-0.2, 0) is 9.84 Å². The smallest absolute Gasteiger partial charge is 0.150 e. The molecule has 1 heterocycles. The van der Waals surface area contributed by atoms with Crippen molar-refractivity contribution in [3.63, 3.8) is 0 Å². The zero-order valence-electron chi connectivity index (χ0n) is 12.3. The van der Waals surface area contributed by atoms with E-state index in [0.717, 1.165) is 38.4 Å². The Bertz CT molecular complexity index is 379. The lowest BCUT2D eigenvalue weighted by Crippen LogP contribution is -2.57. The molecule has 0 aromatic rings. The predicted octanol–water partition coefficient (Wildman–Crippen LogP) is 1.27. The van der Waals surface area contributed by atoms with Gasteiger partial charge in [-0.25, -0.2) is 8.42 Å². The summed E-state index contributed by atoms with van der Waals surface area (Å²) in [6.07, 6.45) is 4.66. The minimum absolute atomic E-state index is 0.274. The Morgan fingerprint density at radius 2 is 2.00 bits per heavy atom.